The number of halogens is 3. The normalized spacial score (nSPS) is 9.90. The number of hydrogen-bond acceptors (Lipinski definition) is 1. The molecule has 0 heterocycles. The smallest absolute Gasteiger partial charge is 0.138 e. The van der Waals surface area contributed by atoms with Crippen molar-refractivity contribution in [1.82, 2.24) is 0 Å². The topological polar surface area (TPSA) is 9.23 Å². The van der Waals surface area contributed by atoms with Crippen LogP contribution in [0.4, 0.5) is 8.78 Å². The fourth-order valence-electron chi connectivity index (χ4n) is 1.80. The Morgan fingerprint density at radius 3 is 2.57 bits per heavy atom. The minimum atomic E-state index is -0.419. The van der Waals surface area contributed by atoms with E-state index in [0.29, 0.717) is 16.9 Å². The van der Waals surface area contributed by atoms with E-state index in [-0.39, 0.29) is 18.3 Å². The summed E-state index contributed by atoms with van der Waals surface area (Å²) in [5.74, 6) is 5.25. The summed E-state index contributed by atoms with van der Waals surface area (Å²) in [6.07, 6.45) is 0. The first-order valence-electron chi connectivity index (χ1n) is 6.32. The Balaban J connectivity index is 2.23. The maximum absolute atomic E-state index is 13.3. The van der Waals surface area contributed by atoms with Gasteiger partial charge in [0.15, 0.2) is 0 Å². The van der Waals surface area contributed by atoms with Crippen molar-refractivity contribution in [1.29, 1.82) is 0 Å². The highest BCUT2D eigenvalue weighted by molar-refractivity contribution is 6.19. The molecular weight excluding hydrogens is 294 g/mol. The molecule has 0 aromatic heterocycles. The van der Waals surface area contributed by atoms with Crippen LogP contribution in [0.25, 0.3) is 0 Å². The van der Waals surface area contributed by atoms with Crippen LogP contribution in [0, 0.1) is 30.4 Å². The van der Waals surface area contributed by atoms with E-state index in [9.17, 15) is 8.78 Å². The summed E-state index contributed by atoms with van der Waals surface area (Å²) in [6.45, 7) is 2.00. The van der Waals surface area contributed by atoms with Gasteiger partial charge < -0.3 is 4.74 Å². The van der Waals surface area contributed by atoms with Gasteiger partial charge in [-0.1, -0.05) is 17.9 Å². The van der Waals surface area contributed by atoms with Crippen LogP contribution in [0.15, 0.2) is 36.4 Å². The Morgan fingerprint density at radius 2 is 1.81 bits per heavy atom. The van der Waals surface area contributed by atoms with Crippen LogP contribution in [0.5, 0.6) is 5.75 Å². The van der Waals surface area contributed by atoms with Gasteiger partial charge in [0, 0.05) is 6.07 Å². The summed E-state index contributed by atoms with van der Waals surface area (Å²) < 4.78 is 32.1. The molecule has 0 N–H and O–H groups in total. The third kappa shape index (κ3) is 4.21. The standard InChI is InChI=1S/C17H13ClF2O/c1-12-4-6-15(19)9-14(12)11-21-17-10-16(20)7-5-13(17)3-2-8-18/h4-7,9-10H,8,11H2,1H3. The summed E-state index contributed by atoms with van der Waals surface area (Å²) in [5.41, 5.74) is 2.16. The first-order valence-corrected chi connectivity index (χ1v) is 6.86. The lowest BCUT2D eigenvalue weighted by molar-refractivity contribution is 0.302. The zero-order valence-electron chi connectivity index (χ0n) is 11.4. The molecule has 0 aliphatic heterocycles. The minimum Gasteiger partial charge on any atom is -0.487 e. The molecule has 1 nitrogen and oxygen atoms in total. The zero-order chi connectivity index (χ0) is 15.2. The third-order valence-electron chi connectivity index (χ3n) is 2.93. The van der Waals surface area contributed by atoms with Crippen molar-refractivity contribution < 1.29 is 13.5 Å². The van der Waals surface area contributed by atoms with Crippen molar-refractivity contribution in [2.75, 3.05) is 5.88 Å². The maximum atomic E-state index is 13.3. The maximum Gasteiger partial charge on any atom is 0.138 e. The molecule has 0 aliphatic rings. The van der Waals surface area contributed by atoms with Gasteiger partial charge in [-0.05, 0) is 42.3 Å². The summed E-state index contributed by atoms with van der Waals surface area (Å²) >= 11 is 5.52. The molecule has 108 valence electrons. The highest BCUT2D eigenvalue weighted by Crippen LogP contribution is 2.21. The molecule has 0 atom stereocenters. The summed E-state index contributed by atoms with van der Waals surface area (Å²) in [5, 5.41) is 0. The van der Waals surface area contributed by atoms with E-state index in [0.717, 1.165) is 5.56 Å². The van der Waals surface area contributed by atoms with Gasteiger partial charge in [-0.2, -0.15) is 0 Å². The van der Waals surface area contributed by atoms with E-state index in [1.807, 2.05) is 6.92 Å². The molecule has 0 amide bonds. The Morgan fingerprint density at radius 1 is 1.10 bits per heavy atom. The molecule has 0 saturated heterocycles. The minimum absolute atomic E-state index is 0.141. The van der Waals surface area contributed by atoms with E-state index in [1.165, 1.54) is 30.3 Å². The van der Waals surface area contributed by atoms with E-state index in [2.05, 4.69) is 11.8 Å². The summed E-state index contributed by atoms with van der Waals surface area (Å²) in [6, 6.07) is 8.55. The Bertz CT molecular complexity index is 702. The van der Waals surface area contributed by atoms with Crippen LogP contribution in [-0.2, 0) is 6.61 Å². The summed E-state index contributed by atoms with van der Waals surface area (Å²) in [4.78, 5) is 0. The first-order chi connectivity index (χ1) is 10.1. The number of benzene rings is 2. The van der Waals surface area contributed by atoms with E-state index in [4.69, 9.17) is 16.3 Å². The van der Waals surface area contributed by atoms with E-state index < -0.39 is 5.82 Å². The highest BCUT2D eigenvalue weighted by Gasteiger charge is 2.06. The third-order valence-corrected chi connectivity index (χ3v) is 3.06. The van der Waals surface area contributed by atoms with Crippen molar-refractivity contribution in [3.63, 3.8) is 0 Å². The molecule has 21 heavy (non-hydrogen) atoms. The average molecular weight is 307 g/mol. The second-order valence-corrected chi connectivity index (χ2v) is 4.70. The fourth-order valence-corrected chi connectivity index (χ4v) is 1.87. The molecule has 0 aliphatic carbocycles. The van der Waals surface area contributed by atoms with Gasteiger partial charge in [0.25, 0.3) is 0 Å². The number of hydrogen-bond donors (Lipinski definition) is 0. The van der Waals surface area contributed by atoms with Crippen LogP contribution in [0.2, 0.25) is 0 Å². The van der Waals surface area contributed by atoms with Gasteiger partial charge in [-0.15, -0.1) is 11.6 Å². The van der Waals surface area contributed by atoms with Gasteiger partial charge in [0.2, 0.25) is 0 Å². The highest BCUT2D eigenvalue weighted by atomic mass is 35.5. The molecule has 0 unspecified atom stereocenters. The summed E-state index contributed by atoms with van der Waals surface area (Å²) in [7, 11) is 0. The molecule has 4 heteroatoms. The van der Waals surface area contributed by atoms with Gasteiger partial charge in [-0.25, -0.2) is 8.78 Å². The van der Waals surface area contributed by atoms with Crippen LogP contribution in [-0.4, -0.2) is 5.88 Å². The van der Waals surface area contributed by atoms with E-state index in [1.54, 1.807) is 6.07 Å². The van der Waals surface area contributed by atoms with Gasteiger partial charge >= 0.3 is 0 Å². The van der Waals surface area contributed by atoms with Crippen molar-refractivity contribution in [3.05, 3.63) is 64.7 Å². The molecule has 0 spiro atoms. The monoisotopic (exact) mass is 306 g/mol. The van der Waals surface area contributed by atoms with Crippen molar-refractivity contribution >= 4 is 11.6 Å². The fraction of sp³-hybridized carbons (Fsp3) is 0.176. The van der Waals surface area contributed by atoms with Crippen molar-refractivity contribution in [2.45, 2.75) is 13.5 Å². The number of alkyl halides is 1. The Kier molecular flexibility index (Phi) is 5.19. The van der Waals surface area contributed by atoms with Gasteiger partial charge in [-0.3, -0.25) is 0 Å². The van der Waals surface area contributed by atoms with Crippen molar-refractivity contribution in [2.24, 2.45) is 0 Å². The predicted octanol–water partition coefficient (Wildman–Crippen LogP) is 4.44. The molecular formula is C17H13ClF2O. The molecule has 0 bridgehead atoms. The predicted molar refractivity (Wildman–Crippen MR) is 79.5 cm³/mol. The van der Waals surface area contributed by atoms with Crippen LogP contribution in [0.1, 0.15) is 16.7 Å². The lowest BCUT2D eigenvalue weighted by atomic mass is 10.1. The number of ether oxygens (including phenoxy) is 1. The number of aryl methyl sites for hydroxylation is 1. The molecule has 2 aromatic carbocycles. The quantitative estimate of drug-likeness (QED) is 0.601. The lowest BCUT2D eigenvalue weighted by Gasteiger charge is -2.10. The molecule has 0 saturated carbocycles. The second kappa shape index (κ2) is 7.10. The van der Waals surface area contributed by atoms with E-state index >= 15 is 0 Å². The van der Waals surface area contributed by atoms with Crippen LogP contribution < -0.4 is 4.74 Å². The molecule has 2 aromatic rings. The molecule has 0 fully saturated rings. The zero-order valence-corrected chi connectivity index (χ0v) is 12.2. The van der Waals surface area contributed by atoms with Crippen LogP contribution in [0.3, 0.4) is 0 Å². The Labute approximate surface area is 127 Å². The average Bonchev–Trinajstić information content (AvgIpc) is 2.47. The van der Waals surface area contributed by atoms with Crippen molar-refractivity contribution in [3.8, 4) is 17.6 Å². The van der Waals surface area contributed by atoms with Gasteiger partial charge in [0.05, 0.1) is 11.4 Å². The molecule has 0 radical (unpaired) electrons. The first kappa shape index (κ1) is 15.3. The van der Waals surface area contributed by atoms with Gasteiger partial charge in [0.1, 0.15) is 24.0 Å². The SMILES string of the molecule is Cc1ccc(F)cc1COc1cc(F)ccc1C#CCCl. The lowest BCUT2D eigenvalue weighted by Crippen LogP contribution is -2.00. The number of rotatable bonds is 3. The van der Waals surface area contributed by atoms with Crippen LogP contribution >= 0.6 is 11.6 Å². The second-order valence-electron chi connectivity index (χ2n) is 4.44. The largest absolute Gasteiger partial charge is 0.487 e. The Hall–Kier alpha value is -2.05. The molecule has 2 rings (SSSR count).